The van der Waals surface area contributed by atoms with Crippen molar-refractivity contribution >= 4 is 5.97 Å². The van der Waals surface area contributed by atoms with Crippen LogP contribution in [0.1, 0.15) is 18.2 Å². The Bertz CT molecular complexity index is 608. The monoisotopic (exact) mass is 284 g/mol. The minimum Gasteiger partial charge on any atom is -0.468 e. The summed E-state index contributed by atoms with van der Waals surface area (Å²) >= 11 is 0. The van der Waals surface area contributed by atoms with Crippen LogP contribution >= 0.6 is 0 Å². The van der Waals surface area contributed by atoms with Gasteiger partial charge in [-0.2, -0.15) is 0 Å². The largest absolute Gasteiger partial charge is 0.468 e. The Hall–Kier alpha value is -2.20. The van der Waals surface area contributed by atoms with E-state index in [0.29, 0.717) is 6.42 Å². The highest BCUT2D eigenvalue weighted by molar-refractivity contribution is 5.75. The first-order chi connectivity index (χ1) is 10.1. The van der Waals surface area contributed by atoms with Crippen LogP contribution in [0.3, 0.4) is 0 Å². The van der Waals surface area contributed by atoms with Gasteiger partial charge in [-0.15, -0.1) is 0 Å². The molecule has 0 radical (unpaired) electrons. The van der Waals surface area contributed by atoms with Gasteiger partial charge in [-0.3, -0.25) is 9.78 Å². The van der Waals surface area contributed by atoms with Gasteiger partial charge in [-0.25, -0.2) is 0 Å². The SMILES string of the molecule is CCc1cc(-c2ccc(C[C@H](N)C(=O)OC)cc2)ccn1. The maximum atomic E-state index is 11.3. The lowest BCUT2D eigenvalue weighted by atomic mass is 10.0. The van der Waals surface area contributed by atoms with E-state index in [-0.39, 0.29) is 5.97 Å². The summed E-state index contributed by atoms with van der Waals surface area (Å²) in [5, 5.41) is 0. The third kappa shape index (κ3) is 3.89. The molecule has 0 bridgehead atoms. The molecule has 0 spiro atoms. The standard InChI is InChI=1S/C17H20N2O2/c1-3-15-11-14(8-9-19-15)13-6-4-12(5-7-13)10-16(18)17(20)21-2/h4-9,11,16H,3,10,18H2,1-2H3/t16-/m0/s1. The number of ether oxygens (including phenoxy) is 1. The number of pyridine rings is 1. The molecule has 1 aromatic carbocycles. The Labute approximate surface area is 125 Å². The second-order valence-electron chi connectivity index (χ2n) is 4.92. The van der Waals surface area contributed by atoms with Gasteiger partial charge in [-0.1, -0.05) is 31.2 Å². The van der Waals surface area contributed by atoms with E-state index in [1.807, 2.05) is 36.5 Å². The molecule has 0 aliphatic rings. The van der Waals surface area contributed by atoms with Crippen LogP contribution in [0.25, 0.3) is 11.1 Å². The first-order valence-corrected chi connectivity index (χ1v) is 7.01. The molecule has 21 heavy (non-hydrogen) atoms. The van der Waals surface area contributed by atoms with Gasteiger partial charge < -0.3 is 10.5 Å². The van der Waals surface area contributed by atoms with Crippen LogP contribution in [0.2, 0.25) is 0 Å². The summed E-state index contributed by atoms with van der Waals surface area (Å²) in [7, 11) is 1.35. The van der Waals surface area contributed by atoms with E-state index < -0.39 is 6.04 Å². The quantitative estimate of drug-likeness (QED) is 0.856. The van der Waals surface area contributed by atoms with Crippen LogP contribution in [-0.4, -0.2) is 24.1 Å². The number of esters is 1. The van der Waals surface area contributed by atoms with Crippen LogP contribution in [-0.2, 0) is 22.4 Å². The highest BCUT2D eigenvalue weighted by Gasteiger charge is 2.14. The van der Waals surface area contributed by atoms with Crippen molar-refractivity contribution in [2.45, 2.75) is 25.8 Å². The molecule has 2 rings (SSSR count). The number of methoxy groups -OCH3 is 1. The van der Waals surface area contributed by atoms with Crippen molar-refractivity contribution in [3.05, 3.63) is 53.9 Å². The van der Waals surface area contributed by atoms with E-state index in [1.54, 1.807) is 0 Å². The Morgan fingerprint density at radius 1 is 1.24 bits per heavy atom. The highest BCUT2D eigenvalue weighted by Crippen LogP contribution is 2.20. The van der Waals surface area contributed by atoms with Crippen molar-refractivity contribution < 1.29 is 9.53 Å². The second-order valence-corrected chi connectivity index (χ2v) is 4.92. The van der Waals surface area contributed by atoms with Crippen LogP contribution in [0.4, 0.5) is 0 Å². The number of nitrogens with zero attached hydrogens (tertiary/aromatic N) is 1. The first-order valence-electron chi connectivity index (χ1n) is 7.01. The molecule has 2 N–H and O–H groups in total. The summed E-state index contributed by atoms with van der Waals surface area (Å²) in [5.74, 6) is -0.388. The average Bonchev–Trinajstić information content (AvgIpc) is 2.54. The molecule has 110 valence electrons. The van der Waals surface area contributed by atoms with Crippen LogP contribution < -0.4 is 5.73 Å². The maximum Gasteiger partial charge on any atom is 0.322 e. The lowest BCUT2D eigenvalue weighted by molar-refractivity contribution is -0.142. The minimum absolute atomic E-state index is 0.388. The van der Waals surface area contributed by atoms with E-state index in [4.69, 9.17) is 5.73 Å². The summed E-state index contributed by atoms with van der Waals surface area (Å²) in [4.78, 5) is 15.6. The Kier molecular flexibility index (Phi) is 5.06. The molecule has 1 aromatic heterocycles. The van der Waals surface area contributed by atoms with Gasteiger partial charge in [0.25, 0.3) is 0 Å². The number of benzene rings is 1. The van der Waals surface area contributed by atoms with Gasteiger partial charge in [0, 0.05) is 11.9 Å². The van der Waals surface area contributed by atoms with Gasteiger partial charge in [0.2, 0.25) is 0 Å². The zero-order valence-electron chi connectivity index (χ0n) is 12.4. The van der Waals surface area contributed by atoms with Crippen molar-refractivity contribution in [1.29, 1.82) is 0 Å². The normalized spacial score (nSPS) is 12.0. The summed E-state index contributed by atoms with van der Waals surface area (Å²) in [5.41, 5.74) is 10.1. The lowest BCUT2D eigenvalue weighted by Crippen LogP contribution is -2.33. The van der Waals surface area contributed by atoms with E-state index in [0.717, 1.165) is 28.8 Å². The molecule has 1 heterocycles. The van der Waals surface area contributed by atoms with Crippen LogP contribution in [0.15, 0.2) is 42.6 Å². The Morgan fingerprint density at radius 3 is 2.57 bits per heavy atom. The van der Waals surface area contributed by atoms with E-state index >= 15 is 0 Å². The number of aryl methyl sites for hydroxylation is 1. The number of aromatic nitrogens is 1. The number of hydrogen-bond donors (Lipinski definition) is 1. The summed E-state index contributed by atoms with van der Waals surface area (Å²) < 4.78 is 4.63. The molecule has 0 amide bonds. The fourth-order valence-electron chi connectivity index (χ4n) is 2.17. The molecule has 0 saturated heterocycles. The van der Waals surface area contributed by atoms with Crippen LogP contribution in [0, 0.1) is 0 Å². The highest BCUT2D eigenvalue weighted by atomic mass is 16.5. The number of carbonyl (C=O) groups is 1. The number of hydrogen-bond acceptors (Lipinski definition) is 4. The summed E-state index contributed by atoms with van der Waals surface area (Å²) in [6, 6.07) is 11.5. The summed E-state index contributed by atoms with van der Waals surface area (Å²) in [6.07, 6.45) is 3.22. The van der Waals surface area contributed by atoms with Crippen molar-refractivity contribution in [2.75, 3.05) is 7.11 Å². The van der Waals surface area contributed by atoms with Gasteiger partial charge >= 0.3 is 5.97 Å². The first kappa shape index (κ1) is 15.2. The van der Waals surface area contributed by atoms with Crippen molar-refractivity contribution in [3.8, 4) is 11.1 Å². The zero-order chi connectivity index (χ0) is 15.2. The smallest absolute Gasteiger partial charge is 0.322 e. The average molecular weight is 284 g/mol. The topological polar surface area (TPSA) is 65.2 Å². The lowest BCUT2D eigenvalue weighted by Gasteiger charge is -2.10. The molecule has 0 aliphatic heterocycles. The van der Waals surface area contributed by atoms with E-state index in [9.17, 15) is 4.79 Å². The van der Waals surface area contributed by atoms with Crippen molar-refractivity contribution in [1.82, 2.24) is 4.98 Å². The number of rotatable bonds is 5. The minimum atomic E-state index is -0.617. The van der Waals surface area contributed by atoms with Gasteiger partial charge in [-0.05, 0) is 41.7 Å². The fourth-order valence-corrected chi connectivity index (χ4v) is 2.17. The molecule has 2 aromatic rings. The predicted octanol–water partition coefficient (Wildman–Crippen LogP) is 2.35. The fraction of sp³-hybridized carbons (Fsp3) is 0.294. The molecular formula is C17H20N2O2. The van der Waals surface area contributed by atoms with Gasteiger partial charge in [0.15, 0.2) is 0 Å². The van der Waals surface area contributed by atoms with Crippen molar-refractivity contribution in [3.63, 3.8) is 0 Å². The van der Waals surface area contributed by atoms with Crippen molar-refractivity contribution in [2.24, 2.45) is 5.73 Å². The van der Waals surface area contributed by atoms with E-state index in [1.165, 1.54) is 7.11 Å². The summed E-state index contributed by atoms with van der Waals surface area (Å²) in [6.45, 7) is 2.09. The second kappa shape index (κ2) is 6.99. The zero-order valence-corrected chi connectivity index (χ0v) is 12.4. The molecule has 1 atom stereocenters. The van der Waals surface area contributed by atoms with Gasteiger partial charge in [0.05, 0.1) is 7.11 Å². The van der Waals surface area contributed by atoms with Crippen LogP contribution in [0.5, 0.6) is 0 Å². The maximum absolute atomic E-state index is 11.3. The van der Waals surface area contributed by atoms with Gasteiger partial charge in [0.1, 0.15) is 6.04 Å². The number of carbonyl (C=O) groups excluding carboxylic acids is 1. The molecule has 0 unspecified atom stereocenters. The molecule has 0 aliphatic carbocycles. The predicted molar refractivity (Wildman–Crippen MR) is 82.7 cm³/mol. The number of nitrogens with two attached hydrogens (primary N) is 1. The molecule has 4 heteroatoms. The van der Waals surface area contributed by atoms with E-state index in [2.05, 4.69) is 22.7 Å². The Balaban J connectivity index is 2.13. The molecule has 4 nitrogen and oxygen atoms in total. The molecule has 0 saturated carbocycles. The Morgan fingerprint density at radius 2 is 1.95 bits per heavy atom. The molecular weight excluding hydrogens is 264 g/mol. The third-order valence-electron chi connectivity index (χ3n) is 3.43. The third-order valence-corrected chi connectivity index (χ3v) is 3.43. The molecule has 0 fully saturated rings.